The van der Waals surface area contributed by atoms with Crippen molar-refractivity contribution in [2.24, 2.45) is 7.05 Å². The van der Waals surface area contributed by atoms with Gasteiger partial charge in [-0.15, -0.1) is 0 Å². The van der Waals surface area contributed by atoms with Crippen molar-refractivity contribution in [2.45, 2.75) is 19.3 Å². The Balaban J connectivity index is 2.85. The second kappa shape index (κ2) is 4.72. The van der Waals surface area contributed by atoms with Crippen molar-refractivity contribution in [3.05, 3.63) is 22.1 Å². The van der Waals surface area contributed by atoms with Crippen molar-refractivity contribution in [1.82, 2.24) is 9.55 Å². The van der Waals surface area contributed by atoms with Crippen molar-refractivity contribution in [3.63, 3.8) is 0 Å². The van der Waals surface area contributed by atoms with Crippen LogP contribution in [0, 0.1) is 6.92 Å². The predicted molar refractivity (Wildman–Crippen MR) is 50.7 cm³/mol. The van der Waals surface area contributed by atoms with E-state index in [1.807, 2.05) is 0 Å². The number of rotatable bonds is 4. The third kappa shape index (κ3) is 2.95. The maximum atomic E-state index is 12.6. The summed E-state index contributed by atoms with van der Waals surface area (Å²) in [5.41, 5.74) is -0.198. The smallest absolute Gasteiger partial charge is 0.340 e. The molecule has 0 spiro atoms. The monoisotopic (exact) mass is 254 g/mol. The van der Waals surface area contributed by atoms with Crippen LogP contribution in [0.25, 0.3) is 0 Å². The third-order valence-electron chi connectivity index (χ3n) is 2.01. The fraction of sp³-hybridized carbons (Fsp3) is 0.556. The van der Waals surface area contributed by atoms with Gasteiger partial charge in [0.25, 0.3) is 11.6 Å². The summed E-state index contributed by atoms with van der Waals surface area (Å²) >= 11 is 0. The molecule has 0 bridgehead atoms. The van der Waals surface area contributed by atoms with E-state index in [1.54, 1.807) is 0 Å². The molecule has 0 aliphatic heterocycles. The highest BCUT2D eigenvalue weighted by Crippen LogP contribution is 2.23. The largest absolute Gasteiger partial charge is 0.458 e. The molecule has 17 heavy (non-hydrogen) atoms. The van der Waals surface area contributed by atoms with Crippen LogP contribution in [0.15, 0.2) is 11.0 Å². The van der Waals surface area contributed by atoms with Crippen molar-refractivity contribution in [2.75, 3.05) is 6.61 Å². The molecule has 0 fully saturated rings. The Hall–Kier alpha value is -1.60. The van der Waals surface area contributed by atoms with E-state index in [-0.39, 0.29) is 0 Å². The Morgan fingerprint density at radius 2 is 2.12 bits per heavy atom. The first-order chi connectivity index (χ1) is 7.75. The summed E-state index contributed by atoms with van der Waals surface area (Å²) in [4.78, 5) is 14.9. The molecule has 0 aliphatic rings. The summed E-state index contributed by atoms with van der Waals surface area (Å²) in [6, 6.07) is -0.430. The van der Waals surface area contributed by atoms with E-state index in [2.05, 4.69) is 9.72 Å². The zero-order valence-electron chi connectivity index (χ0n) is 9.08. The Kier molecular flexibility index (Phi) is 3.74. The van der Waals surface area contributed by atoms with E-state index >= 15 is 0 Å². The predicted octanol–water partition coefficient (Wildman–Crippen LogP) is 1.37. The number of ether oxygens (including phenoxy) is 1. The van der Waals surface area contributed by atoms with Crippen LogP contribution in [0.3, 0.4) is 0 Å². The van der Waals surface area contributed by atoms with Gasteiger partial charge in [-0.05, 0) is 6.92 Å². The number of aromatic nitrogens is 2. The summed E-state index contributed by atoms with van der Waals surface area (Å²) in [6.07, 6.45) is -2.71. The molecule has 0 unspecified atom stereocenters. The number of hydrogen-bond acceptors (Lipinski definition) is 3. The summed E-state index contributed by atoms with van der Waals surface area (Å²) in [5.74, 6) is -4.28. The highest BCUT2D eigenvalue weighted by Gasteiger charge is 2.42. The molecule has 0 saturated carbocycles. The van der Waals surface area contributed by atoms with Crippen LogP contribution in [0.4, 0.5) is 17.6 Å². The average Bonchev–Trinajstić information content (AvgIpc) is 2.25. The van der Waals surface area contributed by atoms with Crippen molar-refractivity contribution < 1.29 is 22.3 Å². The lowest BCUT2D eigenvalue weighted by atomic mass is 10.4. The molecule has 96 valence electrons. The fourth-order valence-corrected chi connectivity index (χ4v) is 1.00. The van der Waals surface area contributed by atoms with E-state index in [1.165, 1.54) is 14.0 Å². The zero-order chi connectivity index (χ0) is 13.2. The van der Waals surface area contributed by atoms with Crippen molar-refractivity contribution in [3.8, 4) is 6.01 Å². The van der Waals surface area contributed by atoms with Crippen LogP contribution < -0.4 is 10.3 Å². The second-order valence-electron chi connectivity index (χ2n) is 3.44. The number of halogens is 4. The van der Waals surface area contributed by atoms with Crippen LogP contribution in [-0.4, -0.2) is 28.5 Å². The standard InChI is InChI=1S/C9H10F4N2O2/c1-5-3-14-8(15(2)6(5)16)17-4-9(12,13)7(10)11/h3,7H,4H2,1-2H3. The molecule has 1 heterocycles. The normalized spacial score (nSPS) is 11.9. The molecule has 0 aliphatic carbocycles. The number of nitrogens with zero attached hydrogens (tertiary/aromatic N) is 2. The van der Waals surface area contributed by atoms with Gasteiger partial charge in [-0.3, -0.25) is 9.36 Å². The lowest BCUT2D eigenvalue weighted by Crippen LogP contribution is -2.35. The minimum absolute atomic E-state index is 0.292. The zero-order valence-corrected chi connectivity index (χ0v) is 9.08. The Labute approximate surface area is 93.8 Å². The van der Waals surface area contributed by atoms with Crippen LogP contribution in [0.2, 0.25) is 0 Å². The highest BCUT2D eigenvalue weighted by atomic mass is 19.3. The van der Waals surface area contributed by atoms with E-state index in [0.717, 1.165) is 10.8 Å². The van der Waals surface area contributed by atoms with E-state index in [9.17, 15) is 22.4 Å². The number of aryl methyl sites for hydroxylation is 1. The molecule has 0 aromatic carbocycles. The van der Waals surface area contributed by atoms with E-state index < -0.39 is 30.5 Å². The Bertz CT molecular complexity index is 459. The molecular formula is C9H10F4N2O2. The minimum atomic E-state index is -4.28. The van der Waals surface area contributed by atoms with Crippen LogP contribution >= 0.6 is 0 Å². The molecule has 8 heteroatoms. The quantitative estimate of drug-likeness (QED) is 0.762. The maximum Gasteiger partial charge on any atom is 0.340 e. The SMILES string of the molecule is Cc1cnc(OCC(F)(F)C(F)F)n(C)c1=O. The molecule has 1 aromatic heterocycles. The van der Waals surface area contributed by atoms with Gasteiger partial charge in [-0.25, -0.2) is 13.8 Å². The molecule has 0 amide bonds. The first-order valence-electron chi connectivity index (χ1n) is 4.57. The molecule has 0 saturated heterocycles. The third-order valence-corrected chi connectivity index (χ3v) is 2.01. The van der Waals surface area contributed by atoms with Gasteiger partial charge in [-0.2, -0.15) is 8.78 Å². The lowest BCUT2D eigenvalue weighted by molar-refractivity contribution is -0.149. The van der Waals surface area contributed by atoms with Crippen LogP contribution in [0.1, 0.15) is 5.56 Å². The number of alkyl halides is 4. The van der Waals surface area contributed by atoms with Gasteiger partial charge in [-0.1, -0.05) is 0 Å². The minimum Gasteiger partial charge on any atom is -0.458 e. The lowest BCUT2D eigenvalue weighted by Gasteiger charge is -2.16. The Morgan fingerprint density at radius 3 is 2.65 bits per heavy atom. The van der Waals surface area contributed by atoms with Crippen LogP contribution in [0.5, 0.6) is 6.01 Å². The van der Waals surface area contributed by atoms with Gasteiger partial charge < -0.3 is 4.74 Å². The van der Waals surface area contributed by atoms with Gasteiger partial charge in [0.1, 0.15) is 0 Å². The van der Waals surface area contributed by atoms with Gasteiger partial charge in [0.2, 0.25) is 0 Å². The number of hydrogen-bond donors (Lipinski definition) is 0. The first kappa shape index (κ1) is 13.5. The molecule has 0 N–H and O–H groups in total. The van der Waals surface area contributed by atoms with Crippen molar-refractivity contribution >= 4 is 0 Å². The average molecular weight is 254 g/mol. The summed E-state index contributed by atoms with van der Waals surface area (Å²) in [6.45, 7) is -0.0547. The van der Waals surface area contributed by atoms with Gasteiger partial charge in [0.15, 0.2) is 6.61 Å². The first-order valence-corrected chi connectivity index (χ1v) is 4.57. The summed E-state index contributed by atoms with van der Waals surface area (Å²) in [7, 11) is 1.25. The van der Waals surface area contributed by atoms with Gasteiger partial charge in [0.05, 0.1) is 0 Å². The fourth-order valence-electron chi connectivity index (χ4n) is 1.00. The van der Waals surface area contributed by atoms with Gasteiger partial charge >= 0.3 is 12.3 Å². The Morgan fingerprint density at radius 1 is 1.53 bits per heavy atom. The molecule has 0 radical (unpaired) electrons. The maximum absolute atomic E-state index is 12.6. The van der Waals surface area contributed by atoms with Gasteiger partial charge in [0, 0.05) is 18.8 Å². The van der Waals surface area contributed by atoms with Crippen molar-refractivity contribution in [1.29, 1.82) is 0 Å². The van der Waals surface area contributed by atoms with Crippen LogP contribution in [-0.2, 0) is 7.05 Å². The molecule has 0 atom stereocenters. The highest BCUT2D eigenvalue weighted by molar-refractivity contribution is 5.07. The summed E-state index contributed by atoms with van der Waals surface area (Å²) < 4.78 is 54.1. The topological polar surface area (TPSA) is 44.1 Å². The molecule has 1 rings (SSSR count). The molecular weight excluding hydrogens is 244 g/mol. The van der Waals surface area contributed by atoms with E-state index in [4.69, 9.17) is 0 Å². The molecule has 4 nitrogen and oxygen atoms in total. The van der Waals surface area contributed by atoms with E-state index in [0.29, 0.717) is 5.56 Å². The summed E-state index contributed by atoms with van der Waals surface area (Å²) in [5, 5.41) is 0. The second-order valence-corrected chi connectivity index (χ2v) is 3.44. The molecule has 1 aromatic rings.